The summed E-state index contributed by atoms with van der Waals surface area (Å²) in [5, 5.41) is 14.9. The summed E-state index contributed by atoms with van der Waals surface area (Å²) in [6.45, 7) is 4.79. The van der Waals surface area contributed by atoms with E-state index in [0.29, 0.717) is 19.0 Å². The SMILES string of the molecule is CCCc1nc(-n2cccc2)c(/C=C/C(=O)OCC)n1Cc1ccc(-c2ccccc2)c(-c2nn[nH]n2)c1. The van der Waals surface area contributed by atoms with E-state index in [1.54, 1.807) is 13.0 Å². The van der Waals surface area contributed by atoms with Crippen LogP contribution in [-0.4, -0.2) is 47.3 Å². The van der Waals surface area contributed by atoms with Crippen molar-refractivity contribution in [2.75, 3.05) is 6.61 Å². The molecule has 3 heterocycles. The van der Waals surface area contributed by atoms with Crippen LogP contribution in [-0.2, 0) is 22.5 Å². The molecule has 2 aromatic carbocycles. The van der Waals surface area contributed by atoms with Crippen molar-refractivity contribution in [3.63, 3.8) is 0 Å². The molecule has 0 spiro atoms. The first kappa shape index (κ1) is 24.9. The molecule has 0 fully saturated rings. The van der Waals surface area contributed by atoms with E-state index < -0.39 is 0 Å². The number of esters is 1. The first-order valence-corrected chi connectivity index (χ1v) is 12.7. The van der Waals surface area contributed by atoms with Crippen LogP contribution in [0.4, 0.5) is 0 Å². The third-order valence-electron chi connectivity index (χ3n) is 6.15. The fourth-order valence-electron chi connectivity index (χ4n) is 4.46. The Hall–Kier alpha value is -4.79. The summed E-state index contributed by atoms with van der Waals surface area (Å²) in [7, 11) is 0. The number of hydrogen-bond donors (Lipinski definition) is 1. The molecule has 9 heteroatoms. The zero-order valence-electron chi connectivity index (χ0n) is 21.4. The van der Waals surface area contributed by atoms with Gasteiger partial charge in [-0.1, -0.05) is 49.4 Å². The molecule has 0 saturated heterocycles. The topological polar surface area (TPSA) is 104 Å². The number of carbonyl (C=O) groups excluding carboxylic acids is 1. The second-order valence-corrected chi connectivity index (χ2v) is 8.73. The molecule has 0 unspecified atom stereocenters. The molecule has 0 atom stereocenters. The second kappa shape index (κ2) is 11.5. The van der Waals surface area contributed by atoms with Crippen molar-refractivity contribution >= 4 is 12.0 Å². The Bertz CT molecular complexity index is 1520. The molecule has 0 amide bonds. The maximum Gasteiger partial charge on any atom is 0.330 e. The van der Waals surface area contributed by atoms with Crippen molar-refractivity contribution in [2.24, 2.45) is 0 Å². The van der Waals surface area contributed by atoms with Crippen molar-refractivity contribution < 1.29 is 9.53 Å². The molecule has 0 aliphatic heterocycles. The van der Waals surface area contributed by atoms with Gasteiger partial charge in [0.15, 0.2) is 5.82 Å². The summed E-state index contributed by atoms with van der Waals surface area (Å²) in [6, 6.07) is 20.3. The number of hydrogen-bond acceptors (Lipinski definition) is 6. The number of nitrogens with one attached hydrogen (secondary N) is 1. The van der Waals surface area contributed by atoms with Gasteiger partial charge in [0.25, 0.3) is 0 Å². The number of imidazole rings is 1. The van der Waals surface area contributed by atoms with Crippen molar-refractivity contribution in [1.82, 2.24) is 34.7 Å². The molecule has 38 heavy (non-hydrogen) atoms. The van der Waals surface area contributed by atoms with Gasteiger partial charge < -0.3 is 13.9 Å². The normalized spacial score (nSPS) is 11.3. The first-order chi connectivity index (χ1) is 18.7. The molecule has 0 saturated carbocycles. The van der Waals surface area contributed by atoms with E-state index in [1.807, 2.05) is 47.3 Å². The Morgan fingerprint density at radius 2 is 1.84 bits per heavy atom. The minimum absolute atomic E-state index is 0.320. The van der Waals surface area contributed by atoms with Gasteiger partial charge in [-0.15, -0.1) is 10.2 Å². The van der Waals surface area contributed by atoms with Gasteiger partial charge in [-0.3, -0.25) is 0 Å². The van der Waals surface area contributed by atoms with Gasteiger partial charge in [-0.25, -0.2) is 9.78 Å². The number of rotatable bonds is 10. The Morgan fingerprint density at radius 3 is 2.55 bits per heavy atom. The summed E-state index contributed by atoms with van der Waals surface area (Å²) in [5.74, 6) is 1.84. The summed E-state index contributed by atoms with van der Waals surface area (Å²) in [6.07, 6.45) is 8.88. The number of aromatic amines is 1. The second-order valence-electron chi connectivity index (χ2n) is 8.73. The monoisotopic (exact) mass is 507 g/mol. The van der Waals surface area contributed by atoms with E-state index in [2.05, 4.69) is 62.4 Å². The summed E-state index contributed by atoms with van der Waals surface area (Å²) >= 11 is 0. The van der Waals surface area contributed by atoms with Crippen LogP contribution in [0.25, 0.3) is 34.4 Å². The summed E-state index contributed by atoms with van der Waals surface area (Å²) < 4.78 is 9.25. The van der Waals surface area contributed by atoms with E-state index in [1.165, 1.54) is 6.08 Å². The highest BCUT2D eigenvalue weighted by Gasteiger charge is 2.19. The standard InChI is InChI=1S/C29H29N7O2/c1-3-10-26-30-29(35-17-8-9-18-35)25(15-16-27(37)38-4-2)36(26)20-21-13-14-23(22-11-6-5-7-12-22)24(19-21)28-31-33-34-32-28/h5-9,11-19H,3-4,10,20H2,1-2H3,(H,31,32,33,34)/b16-15+. The third-order valence-corrected chi connectivity index (χ3v) is 6.15. The predicted octanol–water partition coefficient (Wildman–Crippen LogP) is 5.10. The maximum absolute atomic E-state index is 12.2. The number of benzene rings is 2. The number of ether oxygens (including phenoxy) is 1. The molecule has 192 valence electrons. The van der Waals surface area contributed by atoms with E-state index >= 15 is 0 Å². The van der Waals surface area contributed by atoms with Gasteiger partial charge in [-0.05, 0) is 59.5 Å². The van der Waals surface area contributed by atoms with Gasteiger partial charge in [0, 0.05) is 37.0 Å². The number of nitrogens with zero attached hydrogens (tertiary/aromatic N) is 6. The van der Waals surface area contributed by atoms with Gasteiger partial charge in [0.1, 0.15) is 5.82 Å². The number of tetrazole rings is 1. The van der Waals surface area contributed by atoms with Gasteiger partial charge in [-0.2, -0.15) is 5.21 Å². The minimum atomic E-state index is -0.387. The number of aromatic nitrogens is 7. The van der Waals surface area contributed by atoms with Crippen LogP contribution >= 0.6 is 0 Å². The quantitative estimate of drug-likeness (QED) is 0.208. The maximum atomic E-state index is 12.2. The van der Waals surface area contributed by atoms with Crippen LogP contribution in [0.15, 0.2) is 79.1 Å². The first-order valence-electron chi connectivity index (χ1n) is 12.7. The summed E-state index contributed by atoms with van der Waals surface area (Å²) in [4.78, 5) is 17.2. The van der Waals surface area contributed by atoms with Gasteiger partial charge in [0.2, 0.25) is 5.82 Å². The Kier molecular flexibility index (Phi) is 7.54. The minimum Gasteiger partial charge on any atom is -0.463 e. The van der Waals surface area contributed by atoms with Crippen molar-refractivity contribution in [2.45, 2.75) is 33.2 Å². The predicted molar refractivity (Wildman–Crippen MR) is 145 cm³/mol. The van der Waals surface area contributed by atoms with Gasteiger partial charge in [0.05, 0.1) is 12.3 Å². The lowest BCUT2D eigenvalue weighted by Crippen LogP contribution is -2.08. The lowest BCUT2D eigenvalue weighted by Gasteiger charge is -2.14. The average molecular weight is 508 g/mol. The molecule has 5 rings (SSSR count). The van der Waals surface area contributed by atoms with Crippen LogP contribution in [0, 0.1) is 0 Å². The molecule has 5 aromatic rings. The molecule has 3 aromatic heterocycles. The molecule has 0 radical (unpaired) electrons. The molecule has 0 aliphatic carbocycles. The zero-order valence-corrected chi connectivity index (χ0v) is 21.4. The molecule has 0 bridgehead atoms. The van der Waals surface area contributed by atoms with Crippen LogP contribution in [0.2, 0.25) is 0 Å². The molecular formula is C29H29N7O2. The Labute approximate surface area is 220 Å². The van der Waals surface area contributed by atoms with Crippen LogP contribution in [0.5, 0.6) is 0 Å². The van der Waals surface area contributed by atoms with Crippen LogP contribution in [0.1, 0.15) is 37.4 Å². The molecule has 0 aliphatic rings. The van der Waals surface area contributed by atoms with Crippen molar-refractivity contribution in [3.8, 4) is 28.3 Å². The zero-order chi connectivity index (χ0) is 26.3. The number of carbonyl (C=O) groups is 1. The Morgan fingerprint density at radius 1 is 1.03 bits per heavy atom. The molecule has 1 N–H and O–H groups in total. The highest BCUT2D eigenvalue weighted by atomic mass is 16.5. The lowest BCUT2D eigenvalue weighted by molar-refractivity contribution is -0.137. The highest BCUT2D eigenvalue weighted by molar-refractivity contribution is 5.87. The smallest absolute Gasteiger partial charge is 0.330 e. The van der Waals surface area contributed by atoms with E-state index in [9.17, 15) is 4.79 Å². The fourth-order valence-corrected chi connectivity index (χ4v) is 4.46. The largest absolute Gasteiger partial charge is 0.463 e. The molecule has 9 nitrogen and oxygen atoms in total. The van der Waals surface area contributed by atoms with Crippen molar-refractivity contribution in [1.29, 1.82) is 0 Å². The molecular weight excluding hydrogens is 478 g/mol. The van der Waals surface area contributed by atoms with Crippen LogP contribution in [0.3, 0.4) is 0 Å². The fraction of sp³-hybridized carbons (Fsp3) is 0.207. The van der Waals surface area contributed by atoms with E-state index in [0.717, 1.165) is 52.4 Å². The highest BCUT2D eigenvalue weighted by Crippen LogP contribution is 2.31. The average Bonchev–Trinajstić information content (AvgIpc) is 3.71. The van der Waals surface area contributed by atoms with Crippen LogP contribution < -0.4 is 0 Å². The lowest BCUT2D eigenvalue weighted by atomic mass is 9.97. The van der Waals surface area contributed by atoms with Gasteiger partial charge >= 0.3 is 5.97 Å². The Balaban J connectivity index is 1.61. The number of aryl methyl sites for hydroxylation is 1. The summed E-state index contributed by atoms with van der Waals surface area (Å²) in [5.41, 5.74) is 4.84. The van der Waals surface area contributed by atoms with E-state index in [-0.39, 0.29) is 5.97 Å². The third kappa shape index (κ3) is 5.31. The number of H-pyrrole nitrogens is 1. The van der Waals surface area contributed by atoms with E-state index in [4.69, 9.17) is 9.72 Å². The van der Waals surface area contributed by atoms with Crippen molar-refractivity contribution in [3.05, 3.63) is 96.2 Å².